The lowest BCUT2D eigenvalue weighted by atomic mass is 10.2. The number of anilines is 3. The Morgan fingerprint density at radius 2 is 1.81 bits per heavy atom. The smallest absolute Gasteiger partial charge is 0.354 e. The first-order valence-corrected chi connectivity index (χ1v) is 10.1. The number of esters is 1. The van der Waals surface area contributed by atoms with Crippen molar-refractivity contribution in [3.63, 3.8) is 0 Å². The lowest BCUT2D eigenvalue weighted by Gasteiger charge is -2.32. The van der Waals surface area contributed by atoms with E-state index in [0.717, 1.165) is 26.2 Å². The van der Waals surface area contributed by atoms with E-state index in [2.05, 4.69) is 25.6 Å². The van der Waals surface area contributed by atoms with Crippen molar-refractivity contribution in [2.75, 3.05) is 50.6 Å². The largest absolute Gasteiger partial charge is 0.462 e. The fourth-order valence-electron chi connectivity index (χ4n) is 2.95. The van der Waals surface area contributed by atoms with Gasteiger partial charge >= 0.3 is 11.7 Å². The van der Waals surface area contributed by atoms with Gasteiger partial charge in [-0.25, -0.2) is 19.8 Å². The van der Waals surface area contributed by atoms with Crippen LogP contribution in [0.15, 0.2) is 30.6 Å². The first kappa shape index (κ1) is 22.4. The monoisotopic (exact) mass is 429 g/mol. The van der Waals surface area contributed by atoms with Crippen molar-refractivity contribution in [1.29, 1.82) is 0 Å². The molecule has 11 heteroatoms. The van der Waals surface area contributed by atoms with E-state index in [0.29, 0.717) is 17.9 Å². The fraction of sp³-hybridized carbons (Fsp3) is 0.450. The SMILES string of the molecule is CC(C)COC(=O)c1ccc(Nc2ncnc(NN3CCN(C)CC3)c2[N+](=O)[O-])cc1. The molecule has 0 aliphatic carbocycles. The standard InChI is InChI=1S/C20H27N7O4/c1-14(2)12-31-20(28)15-4-6-16(7-5-15)23-18-17(27(29)30)19(22-13-21-18)24-26-10-8-25(3)9-11-26/h4-7,13-14H,8-12H2,1-3H3,(H2,21,22,23,24). The number of piperazine rings is 1. The van der Waals surface area contributed by atoms with Crippen LogP contribution in [-0.4, -0.2) is 70.6 Å². The van der Waals surface area contributed by atoms with E-state index >= 15 is 0 Å². The van der Waals surface area contributed by atoms with Crippen molar-refractivity contribution in [2.45, 2.75) is 13.8 Å². The molecular weight excluding hydrogens is 402 g/mol. The molecule has 11 nitrogen and oxygen atoms in total. The van der Waals surface area contributed by atoms with Gasteiger partial charge in [0.1, 0.15) is 6.33 Å². The summed E-state index contributed by atoms with van der Waals surface area (Å²) in [5.74, 6) is 0.0245. The normalized spacial score (nSPS) is 15.0. The molecule has 0 amide bonds. The number of carbonyl (C=O) groups is 1. The molecule has 2 aromatic rings. The van der Waals surface area contributed by atoms with Gasteiger partial charge in [0.15, 0.2) is 0 Å². The minimum Gasteiger partial charge on any atom is -0.462 e. The van der Waals surface area contributed by atoms with E-state index in [4.69, 9.17) is 4.74 Å². The molecule has 1 saturated heterocycles. The Balaban J connectivity index is 1.73. The predicted octanol–water partition coefficient (Wildman–Crippen LogP) is 2.52. The summed E-state index contributed by atoms with van der Waals surface area (Å²) < 4.78 is 5.21. The maximum absolute atomic E-state index is 12.0. The van der Waals surface area contributed by atoms with Crippen LogP contribution in [0.5, 0.6) is 0 Å². The van der Waals surface area contributed by atoms with Crippen LogP contribution in [0.4, 0.5) is 23.0 Å². The van der Waals surface area contributed by atoms with Crippen LogP contribution in [-0.2, 0) is 4.74 Å². The molecule has 2 heterocycles. The summed E-state index contributed by atoms with van der Waals surface area (Å²) in [5, 5.41) is 16.6. The zero-order valence-electron chi connectivity index (χ0n) is 17.9. The Bertz CT molecular complexity index is 912. The predicted molar refractivity (Wildman–Crippen MR) is 116 cm³/mol. The summed E-state index contributed by atoms with van der Waals surface area (Å²) in [4.78, 5) is 33.6. The Labute approximate surface area is 180 Å². The maximum Gasteiger partial charge on any atom is 0.354 e. The Kier molecular flexibility index (Phi) is 7.32. The number of hydrogen-bond donors (Lipinski definition) is 2. The van der Waals surface area contributed by atoms with Gasteiger partial charge in [0.05, 0.1) is 17.1 Å². The second kappa shape index (κ2) is 10.1. The number of rotatable bonds is 8. The third-order valence-corrected chi connectivity index (χ3v) is 4.70. The zero-order valence-corrected chi connectivity index (χ0v) is 17.9. The van der Waals surface area contributed by atoms with E-state index in [1.54, 1.807) is 24.3 Å². The second-order valence-corrected chi connectivity index (χ2v) is 7.77. The highest BCUT2D eigenvalue weighted by Crippen LogP contribution is 2.31. The molecule has 166 valence electrons. The molecule has 1 aliphatic heterocycles. The van der Waals surface area contributed by atoms with Crippen LogP contribution < -0.4 is 10.7 Å². The maximum atomic E-state index is 12.0. The Morgan fingerprint density at radius 3 is 2.42 bits per heavy atom. The van der Waals surface area contributed by atoms with Gasteiger partial charge in [0, 0.05) is 31.9 Å². The number of hydrazine groups is 1. The summed E-state index contributed by atoms with van der Waals surface area (Å²) in [5.41, 5.74) is 3.74. The molecule has 0 bridgehead atoms. The molecule has 2 N–H and O–H groups in total. The number of benzene rings is 1. The van der Waals surface area contributed by atoms with Crippen molar-refractivity contribution in [2.24, 2.45) is 5.92 Å². The highest BCUT2D eigenvalue weighted by molar-refractivity contribution is 5.90. The number of nitrogens with zero attached hydrogens (tertiary/aromatic N) is 5. The molecule has 0 atom stereocenters. The highest BCUT2D eigenvalue weighted by atomic mass is 16.6. The van der Waals surface area contributed by atoms with Crippen LogP contribution in [0.3, 0.4) is 0 Å². The summed E-state index contributed by atoms with van der Waals surface area (Å²) in [6.45, 7) is 7.40. The van der Waals surface area contributed by atoms with Crippen LogP contribution >= 0.6 is 0 Å². The molecule has 31 heavy (non-hydrogen) atoms. The van der Waals surface area contributed by atoms with Gasteiger partial charge < -0.3 is 15.0 Å². The van der Waals surface area contributed by atoms with E-state index in [1.807, 2.05) is 25.9 Å². The molecule has 0 radical (unpaired) electrons. The first-order valence-electron chi connectivity index (χ1n) is 10.1. The summed E-state index contributed by atoms with van der Waals surface area (Å²) in [6, 6.07) is 6.49. The summed E-state index contributed by atoms with van der Waals surface area (Å²) >= 11 is 0. The Morgan fingerprint density at radius 1 is 1.16 bits per heavy atom. The molecule has 1 aliphatic rings. The third kappa shape index (κ3) is 6.09. The van der Waals surface area contributed by atoms with E-state index in [-0.39, 0.29) is 23.2 Å². The lowest BCUT2D eigenvalue weighted by molar-refractivity contribution is -0.383. The minimum absolute atomic E-state index is 0.0618. The highest BCUT2D eigenvalue weighted by Gasteiger charge is 2.25. The number of nitro groups is 1. The number of ether oxygens (including phenoxy) is 1. The molecule has 3 rings (SSSR count). The van der Waals surface area contributed by atoms with Crippen molar-refractivity contribution < 1.29 is 14.5 Å². The number of carbonyl (C=O) groups excluding carboxylic acids is 1. The number of hydrogen-bond acceptors (Lipinski definition) is 10. The molecule has 1 aromatic heterocycles. The van der Waals surface area contributed by atoms with Gasteiger partial charge in [0.2, 0.25) is 11.6 Å². The summed E-state index contributed by atoms with van der Waals surface area (Å²) in [7, 11) is 2.03. The Hall–Kier alpha value is -3.31. The molecule has 0 spiro atoms. The van der Waals surface area contributed by atoms with Crippen LogP contribution in [0.1, 0.15) is 24.2 Å². The molecule has 1 fully saturated rings. The quantitative estimate of drug-likeness (QED) is 0.367. The van der Waals surface area contributed by atoms with Crippen molar-refractivity contribution >= 4 is 29.0 Å². The average Bonchev–Trinajstić information content (AvgIpc) is 2.74. The number of aromatic nitrogens is 2. The van der Waals surface area contributed by atoms with Crippen LogP contribution in [0.2, 0.25) is 0 Å². The van der Waals surface area contributed by atoms with Gasteiger partial charge in [-0.2, -0.15) is 0 Å². The lowest BCUT2D eigenvalue weighted by Crippen LogP contribution is -2.47. The van der Waals surface area contributed by atoms with Crippen LogP contribution in [0, 0.1) is 16.0 Å². The first-order chi connectivity index (χ1) is 14.8. The number of nitrogens with one attached hydrogen (secondary N) is 2. The molecular formula is C20H27N7O4. The molecule has 0 saturated carbocycles. The van der Waals surface area contributed by atoms with Gasteiger partial charge in [-0.1, -0.05) is 13.8 Å². The van der Waals surface area contributed by atoms with Crippen LogP contribution in [0.25, 0.3) is 0 Å². The summed E-state index contributed by atoms with van der Waals surface area (Å²) in [6.07, 6.45) is 1.27. The molecule has 1 aromatic carbocycles. The topological polar surface area (TPSA) is 126 Å². The molecule has 0 unspecified atom stereocenters. The zero-order chi connectivity index (χ0) is 22.4. The van der Waals surface area contributed by atoms with Crippen molar-refractivity contribution in [3.05, 3.63) is 46.3 Å². The van der Waals surface area contributed by atoms with E-state index in [9.17, 15) is 14.9 Å². The third-order valence-electron chi connectivity index (χ3n) is 4.70. The van der Waals surface area contributed by atoms with E-state index in [1.165, 1.54) is 6.33 Å². The van der Waals surface area contributed by atoms with Crippen molar-refractivity contribution in [3.8, 4) is 0 Å². The second-order valence-electron chi connectivity index (χ2n) is 7.77. The van der Waals surface area contributed by atoms with Crippen molar-refractivity contribution in [1.82, 2.24) is 19.9 Å². The van der Waals surface area contributed by atoms with Gasteiger partial charge in [0.25, 0.3) is 0 Å². The number of likely N-dealkylation sites (N-methyl/N-ethyl adjacent to an activating group) is 1. The van der Waals surface area contributed by atoms with E-state index < -0.39 is 10.9 Å². The minimum atomic E-state index is -0.515. The van der Waals surface area contributed by atoms with Gasteiger partial charge in [-0.15, -0.1) is 0 Å². The van der Waals surface area contributed by atoms with Gasteiger partial charge in [-0.3, -0.25) is 15.5 Å². The van der Waals surface area contributed by atoms with Gasteiger partial charge in [-0.05, 0) is 37.2 Å². The fourth-order valence-corrected chi connectivity index (χ4v) is 2.95. The average molecular weight is 429 g/mol.